The number of amides is 1. The minimum absolute atomic E-state index is 0.0321. The van der Waals surface area contributed by atoms with Crippen LogP contribution >= 0.6 is 11.6 Å². The molecule has 0 fully saturated rings. The predicted octanol–water partition coefficient (Wildman–Crippen LogP) is 5.93. The van der Waals surface area contributed by atoms with Crippen molar-refractivity contribution in [2.24, 2.45) is 0 Å². The van der Waals surface area contributed by atoms with Crippen molar-refractivity contribution in [3.8, 4) is 0 Å². The second kappa shape index (κ2) is 8.76. The van der Waals surface area contributed by atoms with E-state index in [1.54, 1.807) is 0 Å². The fraction of sp³-hybridized carbons (Fsp3) is 0.192. The molecule has 0 aliphatic heterocycles. The summed E-state index contributed by atoms with van der Waals surface area (Å²) < 4.78 is 2.30. The number of carbonyl (C=O) groups excluding carboxylic acids is 1. The Bertz CT molecular complexity index is 1180. The van der Waals surface area contributed by atoms with E-state index in [1.807, 2.05) is 42.5 Å². The lowest BCUT2D eigenvalue weighted by Gasteiger charge is -2.10. The fourth-order valence-corrected chi connectivity index (χ4v) is 3.96. The van der Waals surface area contributed by atoms with Crippen LogP contribution in [0, 0.1) is 13.8 Å². The topological polar surface area (TPSA) is 34.0 Å². The van der Waals surface area contributed by atoms with Crippen molar-refractivity contribution in [3.63, 3.8) is 0 Å². The summed E-state index contributed by atoms with van der Waals surface area (Å²) in [5.74, 6) is -0.0321. The highest BCUT2D eigenvalue weighted by atomic mass is 35.5. The van der Waals surface area contributed by atoms with Crippen LogP contribution < -0.4 is 5.32 Å². The standard InChI is InChI=1S/C26H25ClN2O/c1-18-19(2)29(17-21-8-11-23(27)12-9-21)25-13-10-22(16-24(18)25)26(30)28-15-14-20-6-4-3-5-7-20/h3-13,16H,14-15,17H2,1-2H3,(H,28,30). The van der Waals surface area contributed by atoms with Crippen LogP contribution in [0.15, 0.2) is 72.8 Å². The van der Waals surface area contributed by atoms with Crippen LogP contribution in [0.4, 0.5) is 0 Å². The molecule has 4 rings (SSSR count). The minimum atomic E-state index is -0.0321. The number of nitrogens with zero attached hydrogens (tertiary/aromatic N) is 1. The van der Waals surface area contributed by atoms with Gasteiger partial charge in [0.25, 0.3) is 5.91 Å². The molecule has 1 amide bonds. The average Bonchev–Trinajstić information content (AvgIpc) is 3.00. The Labute approximate surface area is 182 Å². The molecule has 3 nitrogen and oxygen atoms in total. The van der Waals surface area contributed by atoms with Gasteiger partial charge in [-0.1, -0.05) is 54.1 Å². The summed E-state index contributed by atoms with van der Waals surface area (Å²) >= 11 is 6.02. The number of benzene rings is 3. The number of aromatic nitrogens is 1. The van der Waals surface area contributed by atoms with Gasteiger partial charge in [0.1, 0.15) is 0 Å². The van der Waals surface area contributed by atoms with Crippen molar-refractivity contribution in [2.45, 2.75) is 26.8 Å². The van der Waals surface area contributed by atoms with E-state index in [0.717, 1.165) is 28.9 Å². The zero-order chi connectivity index (χ0) is 21.1. The molecular weight excluding hydrogens is 392 g/mol. The molecule has 4 heteroatoms. The molecule has 30 heavy (non-hydrogen) atoms. The number of fused-ring (bicyclic) bond motifs is 1. The van der Waals surface area contributed by atoms with Crippen LogP contribution in [-0.2, 0) is 13.0 Å². The maximum absolute atomic E-state index is 12.7. The third-order valence-corrected chi connectivity index (χ3v) is 5.95. The van der Waals surface area contributed by atoms with E-state index in [0.29, 0.717) is 12.1 Å². The predicted molar refractivity (Wildman–Crippen MR) is 124 cm³/mol. The van der Waals surface area contributed by atoms with E-state index in [-0.39, 0.29) is 5.91 Å². The molecule has 0 saturated heterocycles. The Balaban J connectivity index is 1.53. The van der Waals surface area contributed by atoms with Gasteiger partial charge in [0.15, 0.2) is 0 Å². The molecule has 1 N–H and O–H groups in total. The lowest BCUT2D eigenvalue weighted by Crippen LogP contribution is -2.25. The van der Waals surface area contributed by atoms with Gasteiger partial charge < -0.3 is 9.88 Å². The first-order valence-corrected chi connectivity index (χ1v) is 10.6. The first-order valence-electron chi connectivity index (χ1n) is 10.2. The number of nitrogens with one attached hydrogen (secondary N) is 1. The second-order valence-electron chi connectivity index (χ2n) is 7.65. The Morgan fingerprint density at radius 3 is 2.40 bits per heavy atom. The van der Waals surface area contributed by atoms with Crippen LogP contribution in [0.1, 0.15) is 32.7 Å². The SMILES string of the molecule is Cc1c(C)n(Cc2ccc(Cl)cc2)c2ccc(C(=O)NCCc3ccccc3)cc12. The molecule has 4 aromatic rings. The van der Waals surface area contributed by atoms with Gasteiger partial charge >= 0.3 is 0 Å². The molecule has 0 unspecified atom stereocenters. The zero-order valence-electron chi connectivity index (χ0n) is 17.3. The van der Waals surface area contributed by atoms with Gasteiger partial charge in [0.05, 0.1) is 0 Å². The van der Waals surface area contributed by atoms with Crippen LogP contribution in [-0.4, -0.2) is 17.0 Å². The number of halogens is 1. The highest BCUT2D eigenvalue weighted by molar-refractivity contribution is 6.30. The van der Waals surface area contributed by atoms with Crippen LogP contribution in [0.3, 0.4) is 0 Å². The van der Waals surface area contributed by atoms with Crippen molar-refractivity contribution in [3.05, 3.63) is 106 Å². The van der Waals surface area contributed by atoms with Gasteiger partial charge in [0, 0.05) is 40.3 Å². The smallest absolute Gasteiger partial charge is 0.251 e. The first-order chi connectivity index (χ1) is 14.5. The molecule has 0 bridgehead atoms. The summed E-state index contributed by atoms with van der Waals surface area (Å²) in [6.07, 6.45) is 0.824. The monoisotopic (exact) mass is 416 g/mol. The summed E-state index contributed by atoms with van der Waals surface area (Å²) in [6, 6.07) is 24.1. The van der Waals surface area contributed by atoms with E-state index in [1.165, 1.54) is 22.4 Å². The highest BCUT2D eigenvalue weighted by Gasteiger charge is 2.14. The highest BCUT2D eigenvalue weighted by Crippen LogP contribution is 2.27. The number of aryl methyl sites for hydroxylation is 1. The fourth-order valence-electron chi connectivity index (χ4n) is 3.83. The molecule has 152 valence electrons. The van der Waals surface area contributed by atoms with Crippen LogP contribution in [0.2, 0.25) is 5.02 Å². The van der Waals surface area contributed by atoms with E-state index in [9.17, 15) is 4.79 Å². The van der Waals surface area contributed by atoms with Crippen molar-refractivity contribution in [1.29, 1.82) is 0 Å². The number of carbonyl (C=O) groups is 1. The molecule has 0 saturated carbocycles. The molecule has 1 aromatic heterocycles. The molecule has 0 aliphatic carbocycles. The van der Waals surface area contributed by atoms with Crippen molar-refractivity contribution in [2.75, 3.05) is 6.54 Å². The molecular formula is C26H25ClN2O. The average molecular weight is 417 g/mol. The molecule has 3 aromatic carbocycles. The second-order valence-corrected chi connectivity index (χ2v) is 8.08. The number of hydrogen-bond acceptors (Lipinski definition) is 1. The Morgan fingerprint density at radius 2 is 1.67 bits per heavy atom. The van der Waals surface area contributed by atoms with Crippen molar-refractivity contribution in [1.82, 2.24) is 9.88 Å². The maximum Gasteiger partial charge on any atom is 0.251 e. The minimum Gasteiger partial charge on any atom is -0.352 e. The Kier molecular flexibility index (Phi) is 5.91. The van der Waals surface area contributed by atoms with E-state index < -0.39 is 0 Å². The van der Waals surface area contributed by atoms with E-state index in [2.05, 4.69) is 54.1 Å². The van der Waals surface area contributed by atoms with Gasteiger partial charge in [-0.3, -0.25) is 4.79 Å². The molecule has 0 spiro atoms. The molecule has 0 atom stereocenters. The Morgan fingerprint density at radius 1 is 0.933 bits per heavy atom. The molecule has 1 heterocycles. The Hall–Kier alpha value is -3.04. The summed E-state index contributed by atoms with van der Waals surface area (Å²) in [4.78, 5) is 12.7. The quantitative estimate of drug-likeness (QED) is 0.415. The first kappa shape index (κ1) is 20.2. The van der Waals surface area contributed by atoms with Crippen molar-refractivity contribution < 1.29 is 4.79 Å². The van der Waals surface area contributed by atoms with Crippen molar-refractivity contribution >= 4 is 28.4 Å². The van der Waals surface area contributed by atoms with Gasteiger partial charge in [-0.05, 0) is 67.3 Å². The normalized spacial score (nSPS) is 11.0. The largest absolute Gasteiger partial charge is 0.352 e. The summed E-state index contributed by atoms with van der Waals surface area (Å²) in [5, 5.41) is 4.90. The summed E-state index contributed by atoms with van der Waals surface area (Å²) in [6.45, 7) is 5.64. The lowest BCUT2D eigenvalue weighted by molar-refractivity contribution is 0.0954. The van der Waals surface area contributed by atoms with Crippen LogP contribution in [0.5, 0.6) is 0 Å². The maximum atomic E-state index is 12.7. The zero-order valence-corrected chi connectivity index (χ0v) is 18.0. The van der Waals surface area contributed by atoms with Gasteiger partial charge in [0.2, 0.25) is 0 Å². The molecule has 0 aliphatic rings. The van der Waals surface area contributed by atoms with Gasteiger partial charge in [-0.15, -0.1) is 0 Å². The van der Waals surface area contributed by atoms with E-state index in [4.69, 9.17) is 11.6 Å². The van der Waals surface area contributed by atoms with Gasteiger partial charge in [-0.25, -0.2) is 0 Å². The lowest BCUT2D eigenvalue weighted by atomic mass is 10.1. The van der Waals surface area contributed by atoms with Gasteiger partial charge in [-0.2, -0.15) is 0 Å². The third-order valence-electron chi connectivity index (χ3n) is 5.70. The van der Waals surface area contributed by atoms with Crippen LogP contribution in [0.25, 0.3) is 10.9 Å². The summed E-state index contributed by atoms with van der Waals surface area (Å²) in [7, 11) is 0. The number of hydrogen-bond donors (Lipinski definition) is 1. The summed E-state index contributed by atoms with van der Waals surface area (Å²) in [5.41, 5.74) is 6.67. The third kappa shape index (κ3) is 4.27. The van der Waals surface area contributed by atoms with E-state index >= 15 is 0 Å². The molecule has 0 radical (unpaired) electrons. The number of rotatable bonds is 6.